The summed E-state index contributed by atoms with van der Waals surface area (Å²) in [7, 11) is 0. The SMILES string of the molecule is N=C(Cl)C=CC(N)N=C(N)Cc1ccc2ncccc2c1. The number of rotatable bonds is 5. The van der Waals surface area contributed by atoms with Crippen LogP contribution < -0.4 is 11.5 Å². The lowest BCUT2D eigenvalue weighted by Gasteiger charge is -2.05. The predicted molar refractivity (Wildman–Crippen MR) is 87.8 cm³/mol. The third kappa shape index (κ3) is 4.66. The van der Waals surface area contributed by atoms with E-state index in [-0.39, 0.29) is 5.17 Å². The summed E-state index contributed by atoms with van der Waals surface area (Å²) in [5.74, 6) is 0.427. The number of allylic oxidation sites excluding steroid dienone is 1. The minimum absolute atomic E-state index is 0.0961. The number of halogens is 1. The molecule has 0 aliphatic carbocycles. The van der Waals surface area contributed by atoms with Crippen molar-refractivity contribution in [2.75, 3.05) is 0 Å². The van der Waals surface area contributed by atoms with Gasteiger partial charge in [-0.15, -0.1) is 0 Å². The molecule has 0 amide bonds. The van der Waals surface area contributed by atoms with Gasteiger partial charge in [0.2, 0.25) is 0 Å². The molecule has 1 atom stereocenters. The van der Waals surface area contributed by atoms with Crippen molar-refractivity contribution in [1.29, 1.82) is 5.41 Å². The molecule has 0 saturated carbocycles. The van der Waals surface area contributed by atoms with Crippen LogP contribution in [0.3, 0.4) is 0 Å². The number of hydrogen-bond donors (Lipinski definition) is 3. The molecule has 0 spiro atoms. The fourth-order valence-corrected chi connectivity index (χ4v) is 1.98. The van der Waals surface area contributed by atoms with Crippen molar-refractivity contribution in [3.8, 4) is 0 Å². The molecule has 5 nitrogen and oxygen atoms in total. The molecule has 1 aromatic carbocycles. The molecule has 6 heteroatoms. The molecule has 0 aliphatic heterocycles. The molecule has 0 saturated heterocycles. The molecule has 5 N–H and O–H groups in total. The number of fused-ring (bicyclic) bond motifs is 1. The Bertz CT molecular complexity index is 708. The van der Waals surface area contributed by atoms with Gasteiger partial charge in [-0.25, -0.2) is 4.99 Å². The number of hydrogen-bond acceptors (Lipinski definition) is 4. The largest absolute Gasteiger partial charge is 0.387 e. The number of amidine groups is 1. The maximum Gasteiger partial charge on any atom is 0.120 e. The van der Waals surface area contributed by atoms with Gasteiger partial charge in [-0.2, -0.15) is 0 Å². The number of pyridine rings is 1. The second kappa shape index (κ2) is 6.97. The van der Waals surface area contributed by atoms with Crippen LogP contribution in [0.1, 0.15) is 5.56 Å². The molecule has 1 aromatic heterocycles. The van der Waals surface area contributed by atoms with E-state index in [1.807, 2.05) is 30.3 Å². The van der Waals surface area contributed by atoms with E-state index in [9.17, 15) is 0 Å². The summed E-state index contributed by atoms with van der Waals surface area (Å²) in [6, 6.07) is 9.84. The number of nitrogens with zero attached hydrogens (tertiary/aromatic N) is 2. The van der Waals surface area contributed by atoms with Crippen molar-refractivity contribution < 1.29 is 0 Å². The maximum absolute atomic E-state index is 7.06. The van der Waals surface area contributed by atoms with Crippen molar-refractivity contribution >= 4 is 33.5 Å². The molecular formula is C15H16ClN5. The van der Waals surface area contributed by atoms with Gasteiger partial charge in [-0.3, -0.25) is 10.4 Å². The highest BCUT2D eigenvalue weighted by Crippen LogP contribution is 2.13. The molecule has 0 fully saturated rings. The number of aliphatic imine (C=N–C) groups is 1. The van der Waals surface area contributed by atoms with Crippen LogP contribution >= 0.6 is 11.6 Å². The third-order valence-electron chi connectivity index (χ3n) is 2.81. The average Bonchev–Trinajstić information content (AvgIpc) is 2.45. The van der Waals surface area contributed by atoms with Gasteiger partial charge in [-0.1, -0.05) is 23.7 Å². The Kier molecular flexibility index (Phi) is 5.03. The predicted octanol–water partition coefficient (Wildman–Crippen LogP) is 2.19. The number of aromatic nitrogens is 1. The topological polar surface area (TPSA) is 101 Å². The van der Waals surface area contributed by atoms with Crippen molar-refractivity contribution in [3.05, 3.63) is 54.2 Å². The highest BCUT2D eigenvalue weighted by molar-refractivity contribution is 6.67. The first-order valence-corrected chi connectivity index (χ1v) is 6.76. The van der Waals surface area contributed by atoms with Crippen molar-refractivity contribution in [1.82, 2.24) is 4.98 Å². The van der Waals surface area contributed by atoms with E-state index in [2.05, 4.69) is 9.98 Å². The summed E-state index contributed by atoms with van der Waals surface area (Å²) in [6.07, 6.45) is 4.56. The summed E-state index contributed by atoms with van der Waals surface area (Å²) in [6.45, 7) is 0. The molecule has 1 unspecified atom stereocenters. The van der Waals surface area contributed by atoms with Crippen molar-refractivity contribution in [2.24, 2.45) is 16.5 Å². The van der Waals surface area contributed by atoms with Gasteiger partial charge in [0, 0.05) is 18.0 Å². The zero-order valence-corrected chi connectivity index (χ0v) is 12.1. The van der Waals surface area contributed by atoms with E-state index in [1.165, 1.54) is 12.2 Å². The zero-order valence-electron chi connectivity index (χ0n) is 11.3. The molecule has 0 bridgehead atoms. The van der Waals surface area contributed by atoms with Crippen molar-refractivity contribution in [3.63, 3.8) is 0 Å². The normalized spacial score (nSPS) is 13.7. The molecular weight excluding hydrogens is 286 g/mol. The van der Waals surface area contributed by atoms with Gasteiger partial charge in [-0.05, 0) is 35.9 Å². The van der Waals surface area contributed by atoms with Gasteiger partial charge < -0.3 is 11.5 Å². The van der Waals surface area contributed by atoms with Gasteiger partial charge in [0.25, 0.3) is 0 Å². The van der Waals surface area contributed by atoms with E-state index >= 15 is 0 Å². The first-order valence-electron chi connectivity index (χ1n) is 6.38. The summed E-state index contributed by atoms with van der Waals surface area (Å²) >= 11 is 5.40. The number of nitrogens with one attached hydrogen (secondary N) is 1. The van der Waals surface area contributed by atoms with E-state index in [0.717, 1.165) is 16.5 Å². The average molecular weight is 302 g/mol. The van der Waals surface area contributed by atoms with Crippen molar-refractivity contribution in [2.45, 2.75) is 12.6 Å². The number of nitrogens with two attached hydrogens (primary N) is 2. The van der Waals surface area contributed by atoms with E-state index < -0.39 is 6.17 Å². The van der Waals surface area contributed by atoms with Gasteiger partial charge in [0.1, 0.15) is 17.2 Å². The Morgan fingerprint density at radius 3 is 3.00 bits per heavy atom. The van der Waals surface area contributed by atoms with Crippen LogP contribution in [0.15, 0.2) is 53.7 Å². The van der Waals surface area contributed by atoms with Gasteiger partial charge in [0.15, 0.2) is 0 Å². The summed E-state index contributed by atoms with van der Waals surface area (Å²) in [5.41, 5.74) is 13.6. The van der Waals surface area contributed by atoms with Crippen LogP contribution in [-0.4, -0.2) is 22.2 Å². The Balaban J connectivity index is 2.10. The maximum atomic E-state index is 7.06. The minimum Gasteiger partial charge on any atom is -0.387 e. The molecule has 2 rings (SSSR count). The highest BCUT2D eigenvalue weighted by Gasteiger charge is 2.01. The standard InChI is InChI=1S/C15H16ClN5/c16-13(17)5-6-14(18)21-15(19)9-10-3-4-12-11(8-10)2-1-7-20-12/h1-8,14,17H,9,18H2,(H2,19,21). The van der Waals surface area contributed by atoms with E-state index in [1.54, 1.807) is 6.20 Å². The third-order valence-corrected chi connectivity index (χ3v) is 2.93. The van der Waals surface area contributed by atoms with Crippen LogP contribution in [0, 0.1) is 5.41 Å². The van der Waals surface area contributed by atoms with Crippen LogP contribution in [0.4, 0.5) is 0 Å². The fraction of sp³-hybridized carbons (Fsp3) is 0.133. The molecule has 1 heterocycles. The second-order valence-electron chi connectivity index (χ2n) is 4.53. The minimum atomic E-state index is -0.605. The van der Waals surface area contributed by atoms with Crippen LogP contribution in [-0.2, 0) is 6.42 Å². The quantitative estimate of drug-likeness (QED) is 0.583. The molecule has 21 heavy (non-hydrogen) atoms. The smallest absolute Gasteiger partial charge is 0.120 e. The molecule has 0 aliphatic rings. The van der Waals surface area contributed by atoms with E-state index in [0.29, 0.717) is 12.3 Å². The fourth-order valence-electron chi connectivity index (χ4n) is 1.91. The van der Waals surface area contributed by atoms with Crippen LogP contribution in [0.2, 0.25) is 0 Å². The summed E-state index contributed by atoms with van der Waals surface area (Å²) < 4.78 is 0. The molecule has 0 radical (unpaired) electrons. The van der Waals surface area contributed by atoms with E-state index in [4.69, 9.17) is 28.5 Å². The summed E-state index contributed by atoms with van der Waals surface area (Å²) in [4.78, 5) is 8.41. The molecule has 2 aromatic rings. The zero-order chi connectivity index (χ0) is 15.2. The van der Waals surface area contributed by atoms with Gasteiger partial charge in [0.05, 0.1) is 5.52 Å². The highest BCUT2D eigenvalue weighted by atomic mass is 35.5. The lowest BCUT2D eigenvalue weighted by molar-refractivity contribution is 0.869. The monoisotopic (exact) mass is 301 g/mol. The first kappa shape index (κ1) is 15.2. The Labute approximate surface area is 127 Å². The first-order chi connectivity index (χ1) is 10.0. The summed E-state index contributed by atoms with van der Waals surface area (Å²) in [5, 5.41) is 8.03. The molecule has 108 valence electrons. The van der Waals surface area contributed by atoms with Crippen LogP contribution in [0.5, 0.6) is 0 Å². The Hall–Kier alpha value is -2.24. The second-order valence-corrected chi connectivity index (χ2v) is 4.93. The lowest BCUT2D eigenvalue weighted by atomic mass is 10.1. The van der Waals surface area contributed by atoms with Crippen LogP contribution in [0.25, 0.3) is 10.9 Å². The Morgan fingerprint density at radius 1 is 1.43 bits per heavy atom. The lowest BCUT2D eigenvalue weighted by Crippen LogP contribution is -2.23. The number of benzene rings is 1. The Morgan fingerprint density at radius 2 is 2.24 bits per heavy atom. The van der Waals surface area contributed by atoms with Gasteiger partial charge >= 0.3 is 0 Å².